The maximum atomic E-state index is 12.5. The molecule has 0 spiro atoms. The largest absolute Gasteiger partial charge is 0.428 e. The number of benzene rings is 1. The zero-order valence-corrected chi connectivity index (χ0v) is 11.1. The van der Waals surface area contributed by atoms with Crippen molar-refractivity contribution in [2.24, 2.45) is 0 Å². The Morgan fingerprint density at radius 3 is 2.60 bits per heavy atom. The van der Waals surface area contributed by atoms with Crippen molar-refractivity contribution < 1.29 is 9.21 Å². The van der Waals surface area contributed by atoms with Gasteiger partial charge in [0.1, 0.15) is 11.1 Å². The molecule has 0 aliphatic carbocycles. The number of carbonyl (C=O) groups excluding carboxylic acids is 1. The third kappa shape index (κ3) is 1.84. The van der Waals surface area contributed by atoms with Gasteiger partial charge in [0.05, 0.1) is 11.2 Å². The van der Waals surface area contributed by atoms with Crippen molar-refractivity contribution in [1.82, 2.24) is 9.78 Å². The lowest BCUT2D eigenvalue weighted by Gasteiger charge is -2.02. The molecule has 0 unspecified atom stereocenters. The van der Waals surface area contributed by atoms with Crippen molar-refractivity contribution in [3.63, 3.8) is 0 Å². The van der Waals surface area contributed by atoms with Gasteiger partial charge in [0.2, 0.25) is 0 Å². The van der Waals surface area contributed by atoms with Crippen LogP contribution in [0.4, 0.5) is 0 Å². The second kappa shape index (κ2) is 4.45. The number of hydrogen-bond donors (Lipinski definition) is 0. The zero-order valence-electron chi connectivity index (χ0n) is 11.1. The highest BCUT2D eigenvalue weighted by atomic mass is 16.4. The van der Waals surface area contributed by atoms with Gasteiger partial charge in [-0.2, -0.15) is 9.78 Å². The standard InChI is InChI=1S/C15H12N2O3/c1-9-8-12-13(15(19)20-9)10(2)16-17(12)14(18)11-6-4-3-5-7-11/h3-8H,1-2H3. The minimum Gasteiger partial charge on any atom is -0.428 e. The van der Waals surface area contributed by atoms with Gasteiger partial charge >= 0.3 is 5.63 Å². The Bertz CT molecular complexity index is 860. The van der Waals surface area contributed by atoms with Crippen LogP contribution in [0.25, 0.3) is 10.9 Å². The quantitative estimate of drug-likeness (QED) is 0.679. The van der Waals surface area contributed by atoms with Crippen LogP contribution in [-0.2, 0) is 0 Å². The summed E-state index contributed by atoms with van der Waals surface area (Å²) in [5.41, 5.74) is 1.01. The molecular formula is C15H12N2O3. The normalized spacial score (nSPS) is 10.9. The molecule has 100 valence electrons. The van der Waals surface area contributed by atoms with Crippen LogP contribution in [-0.4, -0.2) is 15.7 Å². The van der Waals surface area contributed by atoms with Gasteiger partial charge in [0, 0.05) is 11.6 Å². The first-order chi connectivity index (χ1) is 9.58. The number of aromatic nitrogens is 2. The molecule has 0 saturated carbocycles. The molecular weight excluding hydrogens is 256 g/mol. The Morgan fingerprint density at radius 1 is 1.20 bits per heavy atom. The van der Waals surface area contributed by atoms with Crippen molar-refractivity contribution in [3.05, 3.63) is 63.8 Å². The minimum absolute atomic E-state index is 0.270. The molecule has 5 nitrogen and oxygen atoms in total. The molecule has 2 heterocycles. The molecule has 0 radical (unpaired) electrons. The highest BCUT2D eigenvalue weighted by molar-refractivity contribution is 6.01. The van der Waals surface area contributed by atoms with Gasteiger partial charge in [-0.3, -0.25) is 4.79 Å². The van der Waals surface area contributed by atoms with Gasteiger partial charge in [-0.05, 0) is 26.0 Å². The van der Waals surface area contributed by atoms with Crippen LogP contribution in [0.2, 0.25) is 0 Å². The van der Waals surface area contributed by atoms with E-state index in [1.165, 1.54) is 4.68 Å². The van der Waals surface area contributed by atoms with E-state index >= 15 is 0 Å². The third-order valence-electron chi connectivity index (χ3n) is 3.11. The molecule has 0 aliphatic rings. The van der Waals surface area contributed by atoms with Crippen LogP contribution in [0.15, 0.2) is 45.6 Å². The van der Waals surface area contributed by atoms with E-state index in [2.05, 4.69) is 5.10 Å². The van der Waals surface area contributed by atoms with Crippen molar-refractivity contribution in [2.45, 2.75) is 13.8 Å². The van der Waals surface area contributed by atoms with Gasteiger partial charge < -0.3 is 4.42 Å². The summed E-state index contributed by atoms with van der Waals surface area (Å²) in [5.74, 6) is 0.179. The molecule has 5 heteroatoms. The van der Waals surface area contributed by atoms with E-state index in [4.69, 9.17) is 4.42 Å². The van der Waals surface area contributed by atoms with Gasteiger partial charge in [-0.25, -0.2) is 4.79 Å². The summed E-state index contributed by atoms with van der Waals surface area (Å²) in [6.45, 7) is 3.35. The summed E-state index contributed by atoms with van der Waals surface area (Å²) in [7, 11) is 0. The monoisotopic (exact) mass is 268 g/mol. The molecule has 3 aromatic rings. The smallest absolute Gasteiger partial charge is 0.347 e. The molecule has 3 rings (SSSR count). The minimum atomic E-state index is -0.468. The molecule has 0 fully saturated rings. The van der Waals surface area contributed by atoms with Crippen LogP contribution in [0.5, 0.6) is 0 Å². The maximum absolute atomic E-state index is 12.5. The fourth-order valence-electron chi connectivity index (χ4n) is 2.21. The van der Waals surface area contributed by atoms with Crippen LogP contribution < -0.4 is 5.63 Å². The molecule has 0 bridgehead atoms. The highest BCUT2D eigenvalue weighted by Gasteiger charge is 2.18. The summed E-state index contributed by atoms with van der Waals surface area (Å²) >= 11 is 0. The van der Waals surface area contributed by atoms with Crippen LogP contribution in [0.3, 0.4) is 0 Å². The summed E-state index contributed by atoms with van der Waals surface area (Å²) in [5, 5.41) is 4.52. The summed E-state index contributed by atoms with van der Waals surface area (Å²) in [6.07, 6.45) is 0. The van der Waals surface area contributed by atoms with E-state index < -0.39 is 5.63 Å². The van der Waals surface area contributed by atoms with Gasteiger partial charge in [0.25, 0.3) is 5.91 Å². The van der Waals surface area contributed by atoms with E-state index in [0.29, 0.717) is 27.9 Å². The number of nitrogens with zero attached hydrogens (tertiary/aromatic N) is 2. The Hall–Kier alpha value is -2.69. The van der Waals surface area contributed by atoms with Crippen LogP contribution >= 0.6 is 0 Å². The lowest BCUT2D eigenvalue weighted by molar-refractivity contribution is 0.0950. The second-order valence-corrected chi connectivity index (χ2v) is 4.57. The molecule has 1 aromatic carbocycles. The lowest BCUT2D eigenvalue weighted by Crippen LogP contribution is -2.14. The number of fused-ring (bicyclic) bond motifs is 1. The number of aryl methyl sites for hydroxylation is 2. The summed E-state index contributed by atoms with van der Waals surface area (Å²) in [6, 6.07) is 10.5. The molecule has 20 heavy (non-hydrogen) atoms. The van der Waals surface area contributed by atoms with E-state index in [1.54, 1.807) is 44.2 Å². The Morgan fingerprint density at radius 2 is 1.90 bits per heavy atom. The number of hydrogen-bond acceptors (Lipinski definition) is 4. The Kier molecular flexibility index (Phi) is 2.75. The van der Waals surface area contributed by atoms with Gasteiger partial charge in [-0.1, -0.05) is 18.2 Å². The first-order valence-corrected chi connectivity index (χ1v) is 6.18. The predicted octanol–water partition coefficient (Wildman–Crippen LogP) is 2.29. The van der Waals surface area contributed by atoms with Crippen LogP contribution in [0.1, 0.15) is 21.8 Å². The molecule has 0 atom stereocenters. The van der Waals surface area contributed by atoms with Crippen molar-refractivity contribution >= 4 is 16.8 Å². The molecule has 2 aromatic heterocycles. The fraction of sp³-hybridized carbons (Fsp3) is 0.133. The zero-order chi connectivity index (χ0) is 14.3. The topological polar surface area (TPSA) is 65.1 Å². The SMILES string of the molecule is Cc1cc2c(c(C)nn2C(=O)c2ccccc2)c(=O)o1. The van der Waals surface area contributed by atoms with E-state index in [-0.39, 0.29) is 5.91 Å². The van der Waals surface area contributed by atoms with E-state index in [0.717, 1.165) is 0 Å². The van der Waals surface area contributed by atoms with E-state index in [9.17, 15) is 9.59 Å². The molecule has 0 N–H and O–H groups in total. The molecule has 0 amide bonds. The first-order valence-electron chi connectivity index (χ1n) is 6.18. The number of rotatable bonds is 1. The molecule has 0 saturated heterocycles. The summed E-state index contributed by atoms with van der Waals surface area (Å²) in [4.78, 5) is 24.3. The Labute approximate surface area is 114 Å². The van der Waals surface area contributed by atoms with Crippen molar-refractivity contribution in [1.29, 1.82) is 0 Å². The average molecular weight is 268 g/mol. The third-order valence-corrected chi connectivity index (χ3v) is 3.11. The second-order valence-electron chi connectivity index (χ2n) is 4.57. The van der Waals surface area contributed by atoms with Crippen molar-refractivity contribution in [3.8, 4) is 0 Å². The molecule has 0 aliphatic heterocycles. The number of carbonyl (C=O) groups is 1. The predicted molar refractivity (Wildman–Crippen MR) is 73.9 cm³/mol. The summed E-state index contributed by atoms with van der Waals surface area (Å²) < 4.78 is 6.30. The lowest BCUT2D eigenvalue weighted by atomic mass is 10.2. The maximum Gasteiger partial charge on any atom is 0.347 e. The van der Waals surface area contributed by atoms with Gasteiger partial charge in [-0.15, -0.1) is 0 Å². The average Bonchev–Trinajstić information content (AvgIpc) is 2.76. The van der Waals surface area contributed by atoms with Crippen LogP contribution in [0, 0.1) is 13.8 Å². The Balaban J connectivity index is 2.28. The van der Waals surface area contributed by atoms with Crippen molar-refractivity contribution in [2.75, 3.05) is 0 Å². The highest BCUT2D eigenvalue weighted by Crippen LogP contribution is 2.17. The van der Waals surface area contributed by atoms with Gasteiger partial charge in [0.15, 0.2) is 0 Å². The first kappa shape index (κ1) is 12.3. The van der Waals surface area contributed by atoms with E-state index in [1.807, 2.05) is 6.07 Å². The fourth-order valence-corrected chi connectivity index (χ4v) is 2.21.